The molecule has 0 heterocycles. The molecule has 0 radical (unpaired) electrons. The third kappa shape index (κ3) is 2.52. The predicted octanol–water partition coefficient (Wildman–Crippen LogP) is 0.220. The fraction of sp³-hybridized carbons (Fsp3) is 0.571. The van der Waals surface area contributed by atoms with Crippen LogP contribution in [0.4, 0.5) is 0 Å². The highest BCUT2D eigenvalue weighted by atomic mass is 16.7. The van der Waals surface area contributed by atoms with Gasteiger partial charge in [-0.1, -0.05) is 0 Å². The summed E-state index contributed by atoms with van der Waals surface area (Å²) in [6.07, 6.45) is -0.300. The normalized spacial score (nSPS) is 11.8. The van der Waals surface area contributed by atoms with Crippen LogP contribution in [-0.4, -0.2) is 38.7 Å². The summed E-state index contributed by atoms with van der Waals surface area (Å²) < 4.78 is 13.8. The van der Waals surface area contributed by atoms with E-state index in [-0.39, 0.29) is 5.57 Å². The zero-order valence-corrected chi connectivity index (χ0v) is 7.23. The van der Waals surface area contributed by atoms with E-state index >= 15 is 0 Å². The number of carbonyl (C=O) groups is 1. The van der Waals surface area contributed by atoms with Crippen LogP contribution in [0, 0.1) is 0 Å². The quantitative estimate of drug-likeness (QED) is 0.287. The minimum atomic E-state index is -0.901. The topological polar surface area (TPSA) is 65.0 Å². The van der Waals surface area contributed by atoms with Crippen molar-refractivity contribution in [2.24, 2.45) is 0 Å². The first-order valence-electron chi connectivity index (χ1n) is 3.19. The maximum atomic E-state index is 10.9. The van der Waals surface area contributed by atoms with E-state index in [9.17, 15) is 4.79 Å². The summed E-state index contributed by atoms with van der Waals surface area (Å²) in [5.41, 5.74) is -0.0810. The standard InChI is InChI=1S/C7H12O5/c1-10-6(9)5(4-8)7(11-2)12-3/h4,7-8H,1-3H3/b5-4-. The van der Waals surface area contributed by atoms with Gasteiger partial charge in [-0.3, -0.25) is 0 Å². The molecule has 70 valence electrons. The first kappa shape index (κ1) is 10.9. The molecule has 5 heteroatoms. The van der Waals surface area contributed by atoms with Crippen molar-refractivity contribution in [1.29, 1.82) is 0 Å². The lowest BCUT2D eigenvalue weighted by molar-refractivity contribution is -0.143. The van der Waals surface area contributed by atoms with Gasteiger partial charge in [0, 0.05) is 14.2 Å². The molecule has 5 nitrogen and oxygen atoms in total. The average Bonchev–Trinajstić information content (AvgIpc) is 2.12. The molecule has 12 heavy (non-hydrogen) atoms. The highest BCUT2D eigenvalue weighted by Gasteiger charge is 2.21. The number of aliphatic hydroxyl groups is 1. The number of rotatable bonds is 4. The van der Waals surface area contributed by atoms with E-state index in [1.807, 2.05) is 0 Å². The van der Waals surface area contributed by atoms with Gasteiger partial charge in [0.25, 0.3) is 0 Å². The van der Waals surface area contributed by atoms with Crippen LogP contribution in [0.15, 0.2) is 11.8 Å². The van der Waals surface area contributed by atoms with Crippen LogP contribution in [0.5, 0.6) is 0 Å². The van der Waals surface area contributed by atoms with E-state index in [1.165, 1.54) is 21.3 Å². The van der Waals surface area contributed by atoms with E-state index in [1.54, 1.807) is 0 Å². The zero-order valence-electron chi connectivity index (χ0n) is 7.23. The van der Waals surface area contributed by atoms with E-state index in [0.29, 0.717) is 6.26 Å². The van der Waals surface area contributed by atoms with Crippen molar-refractivity contribution in [3.05, 3.63) is 11.8 Å². The molecule has 0 aliphatic heterocycles. The van der Waals surface area contributed by atoms with Gasteiger partial charge in [-0.2, -0.15) is 0 Å². The second kappa shape index (κ2) is 5.56. The minimum Gasteiger partial charge on any atom is -0.515 e. The van der Waals surface area contributed by atoms with Crippen LogP contribution in [0.3, 0.4) is 0 Å². The molecule has 0 aromatic heterocycles. The third-order valence-electron chi connectivity index (χ3n) is 1.24. The van der Waals surface area contributed by atoms with E-state index in [4.69, 9.17) is 14.6 Å². The first-order chi connectivity index (χ1) is 5.71. The fourth-order valence-corrected chi connectivity index (χ4v) is 0.678. The number of hydrogen-bond acceptors (Lipinski definition) is 5. The van der Waals surface area contributed by atoms with Crippen LogP contribution in [0.25, 0.3) is 0 Å². The zero-order chi connectivity index (χ0) is 9.56. The van der Waals surface area contributed by atoms with E-state index in [2.05, 4.69) is 4.74 Å². The van der Waals surface area contributed by atoms with Crippen molar-refractivity contribution in [2.75, 3.05) is 21.3 Å². The predicted molar refractivity (Wildman–Crippen MR) is 40.5 cm³/mol. The lowest BCUT2D eigenvalue weighted by Gasteiger charge is -2.13. The summed E-state index contributed by atoms with van der Waals surface area (Å²) in [5.74, 6) is -0.689. The Morgan fingerprint density at radius 3 is 2.08 bits per heavy atom. The number of esters is 1. The highest BCUT2D eigenvalue weighted by Crippen LogP contribution is 2.07. The number of aliphatic hydroxyl groups excluding tert-OH is 1. The molecule has 0 bridgehead atoms. The number of ether oxygens (including phenoxy) is 3. The van der Waals surface area contributed by atoms with Gasteiger partial charge < -0.3 is 19.3 Å². The van der Waals surface area contributed by atoms with Crippen molar-refractivity contribution in [3.63, 3.8) is 0 Å². The molecule has 0 fully saturated rings. The smallest absolute Gasteiger partial charge is 0.342 e. The SMILES string of the molecule is COC(=O)/C(=C/O)C(OC)OC. The summed E-state index contributed by atoms with van der Waals surface area (Å²) in [4.78, 5) is 10.9. The molecular weight excluding hydrogens is 164 g/mol. The lowest BCUT2D eigenvalue weighted by Crippen LogP contribution is -2.23. The Morgan fingerprint density at radius 2 is 1.83 bits per heavy atom. The Balaban J connectivity index is 4.43. The number of methoxy groups -OCH3 is 3. The van der Waals surface area contributed by atoms with Gasteiger partial charge >= 0.3 is 5.97 Å². The monoisotopic (exact) mass is 176 g/mol. The summed E-state index contributed by atoms with van der Waals surface area (Å²) in [7, 11) is 3.90. The molecule has 0 atom stereocenters. The molecule has 0 saturated carbocycles. The molecule has 0 aromatic carbocycles. The van der Waals surface area contributed by atoms with Crippen LogP contribution in [0.1, 0.15) is 0 Å². The van der Waals surface area contributed by atoms with Crippen molar-refractivity contribution in [3.8, 4) is 0 Å². The van der Waals surface area contributed by atoms with E-state index < -0.39 is 12.3 Å². The van der Waals surface area contributed by atoms with E-state index in [0.717, 1.165) is 0 Å². The summed E-state index contributed by atoms with van der Waals surface area (Å²) >= 11 is 0. The van der Waals surface area contributed by atoms with Gasteiger partial charge in [-0.25, -0.2) is 4.79 Å². The number of carbonyl (C=O) groups excluding carboxylic acids is 1. The second-order valence-corrected chi connectivity index (χ2v) is 1.88. The van der Waals surface area contributed by atoms with Gasteiger partial charge in [0.15, 0.2) is 6.29 Å². The Kier molecular flexibility index (Phi) is 5.07. The Hall–Kier alpha value is -1.07. The molecule has 0 rings (SSSR count). The minimum absolute atomic E-state index is 0.0810. The van der Waals surface area contributed by atoms with Crippen molar-refractivity contribution >= 4 is 5.97 Å². The van der Waals surface area contributed by atoms with Crippen molar-refractivity contribution < 1.29 is 24.1 Å². The third-order valence-corrected chi connectivity index (χ3v) is 1.24. The van der Waals surface area contributed by atoms with Gasteiger partial charge in [-0.05, 0) is 0 Å². The Morgan fingerprint density at radius 1 is 1.33 bits per heavy atom. The largest absolute Gasteiger partial charge is 0.515 e. The van der Waals surface area contributed by atoms with Gasteiger partial charge in [0.2, 0.25) is 0 Å². The molecule has 0 unspecified atom stereocenters. The second-order valence-electron chi connectivity index (χ2n) is 1.88. The van der Waals surface area contributed by atoms with Crippen molar-refractivity contribution in [1.82, 2.24) is 0 Å². The molecule has 1 N–H and O–H groups in total. The summed E-state index contributed by atoms with van der Waals surface area (Å²) in [6.45, 7) is 0. The maximum Gasteiger partial charge on any atom is 0.342 e. The molecule has 0 amide bonds. The number of hydrogen-bond donors (Lipinski definition) is 1. The van der Waals surface area contributed by atoms with Gasteiger partial charge in [0.05, 0.1) is 13.4 Å². The maximum absolute atomic E-state index is 10.9. The molecule has 0 aliphatic rings. The van der Waals surface area contributed by atoms with Crippen LogP contribution in [-0.2, 0) is 19.0 Å². The summed E-state index contributed by atoms with van der Waals surface area (Å²) in [5, 5.41) is 8.64. The summed E-state index contributed by atoms with van der Waals surface area (Å²) in [6, 6.07) is 0. The van der Waals surface area contributed by atoms with Gasteiger partial charge in [0.1, 0.15) is 5.57 Å². The lowest BCUT2D eigenvalue weighted by atomic mass is 10.3. The first-order valence-corrected chi connectivity index (χ1v) is 3.19. The van der Waals surface area contributed by atoms with Gasteiger partial charge in [-0.15, -0.1) is 0 Å². The Labute approximate surface area is 70.5 Å². The average molecular weight is 176 g/mol. The molecule has 0 saturated heterocycles. The van der Waals surface area contributed by atoms with Crippen LogP contribution >= 0.6 is 0 Å². The Bertz CT molecular complexity index is 171. The van der Waals surface area contributed by atoms with Crippen LogP contribution in [0.2, 0.25) is 0 Å². The van der Waals surface area contributed by atoms with Crippen LogP contribution < -0.4 is 0 Å². The molecule has 0 aromatic rings. The van der Waals surface area contributed by atoms with Crippen molar-refractivity contribution in [2.45, 2.75) is 6.29 Å². The molecule has 0 aliphatic carbocycles. The molecule has 0 spiro atoms. The fourth-order valence-electron chi connectivity index (χ4n) is 0.678. The highest BCUT2D eigenvalue weighted by molar-refractivity contribution is 5.88. The molecular formula is C7H12O5.